The van der Waals surface area contributed by atoms with Crippen LogP contribution in [0, 0.1) is 0 Å². The molecule has 0 heterocycles. The molecule has 0 aliphatic carbocycles. The topological polar surface area (TPSA) is 0 Å². The van der Waals surface area contributed by atoms with E-state index in [2.05, 4.69) is 60.0 Å². The van der Waals surface area contributed by atoms with Crippen molar-refractivity contribution in [2.24, 2.45) is 0 Å². The predicted octanol–water partition coefficient (Wildman–Crippen LogP) is 1.16. The third-order valence-electron chi connectivity index (χ3n) is 0. The molecular formula is C2H5BI2. The normalized spacial score (nSPS) is 11.8. The lowest BCUT2D eigenvalue weighted by molar-refractivity contribution is 1.42. The third kappa shape index (κ3) is 29.5. The van der Waals surface area contributed by atoms with Crippen molar-refractivity contribution < 1.29 is 0 Å². The Morgan fingerprint density at radius 1 is 1.60 bits per heavy atom. The van der Waals surface area contributed by atoms with Gasteiger partial charge in [0.25, 0.3) is 0 Å². The Bertz CT molecular complexity index is 23.1. The first-order valence-corrected chi connectivity index (χ1v) is 3.54. The van der Waals surface area contributed by atoms with Gasteiger partial charge in [-0.15, -0.1) is 0 Å². The van der Waals surface area contributed by atoms with Crippen LogP contribution in [0.5, 0.6) is 0 Å². The lowest BCUT2D eigenvalue weighted by atomic mass is 10.1. The first-order valence-electron chi connectivity index (χ1n) is 1.38. The molecule has 0 nitrogen and oxygen atoms in total. The summed E-state index contributed by atoms with van der Waals surface area (Å²) in [6.07, 6.45) is 0. The summed E-state index contributed by atoms with van der Waals surface area (Å²) in [4.78, 5) is 0. The van der Waals surface area contributed by atoms with Gasteiger partial charge in [0, 0.05) is 1.33 Å². The Hall–Kier alpha value is 1.52. The summed E-state index contributed by atoms with van der Waals surface area (Å²) < 4.78 is 0.440. The van der Waals surface area contributed by atoms with Gasteiger partial charge in [0.05, 0.1) is 0 Å². The Morgan fingerprint density at radius 3 is 1.60 bits per heavy atom. The van der Waals surface area contributed by atoms with Crippen molar-refractivity contribution in [3.05, 3.63) is 0 Å². The summed E-state index contributed by atoms with van der Waals surface area (Å²) >= 11 is 4.73. The summed E-state index contributed by atoms with van der Waals surface area (Å²) in [6, 6.07) is 0. The molecule has 0 aromatic heterocycles. The van der Waals surface area contributed by atoms with E-state index in [0.29, 0.717) is 1.33 Å². The van der Waals surface area contributed by atoms with Crippen LogP contribution in [0.3, 0.4) is 0 Å². The number of halogens is 2. The van der Waals surface area contributed by atoms with E-state index >= 15 is 0 Å². The van der Waals surface area contributed by atoms with Gasteiger partial charge in [0.15, 0.2) is 0 Å². The molecule has 0 aliphatic rings. The number of alkyl halides is 2. The Labute approximate surface area is 60.8 Å². The molecule has 0 spiro atoms. The van der Waals surface area contributed by atoms with E-state index in [9.17, 15) is 0 Å². The Morgan fingerprint density at radius 2 is 1.60 bits per heavy atom. The molecule has 0 unspecified atom stereocenters. The van der Waals surface area contributed by atoms with Crippen molar-refractivity contribution in [2.45, 2.75) is 8.25 Å². The number of rotatable bonds is 0. The second-order valence-electron chi connectivity index (χ2n) is 1.33. The van der Waals surface area contributed by atoms with Crippen LogP contribution in [0.4, 0.5) is 0 Å². The molecule has 0 bridgehead atoms. The molecule has 0 aromatic carbocycles. The minimum atomic E-state index is 0.440. The van der Waals surface area contributed by atoms with Crippen molar-refractivity contribution in [3.63, 3.8) is 0 Å². The van der Waals surface area contributed by atoms with E-state index in [-0.39, 0.29) is 0 Å². The fraction of sp³-hybridized carbons (Fsp3) is 1.00. The maximum Gasteiger partial charge on any atom is 0.134 e. The molecule has 0 saturated heterocycles. The fourth-order valence-corrected chi connectivity index (χ4v) is 0. The highest BCUT2D eigenvalue weighted by Crippen LogP contribution is 2.20. The molecule has 0 atom stereocenters. The van der Waals surface area contributed by atoms with Crippen LogP contribution < -0.4 is 0 Å². The lowest BCUT2D eigenvalue weighted by Gasteiger charge is -1.99. The second-order valence-corrected chi connectivity index (χ2v) is 8.79. The van der Waals surface area contributed by atoms with Crippen LogP contribution in [0.25, 0.3) is 0 Å². The first-order chi connectivity index (χ1) is 2.00. The minimum Gasteiger partial charge on any atom is -0.0778 e. The first kappa shape index (κ1) is 6.52. The predicted molar refractivity (Wildman–Crippen MR) is 45.0 cm³/mol. The van der Waals surface area contributed by atoms with Gasteiger partial charge in [0.1, 0.15) is 7.85 Å². The lowest BCUT2D eigenvalue weighted by Crippen LogP contribution is -1.99. The SMILES string of the molecule is BC(C)(I)I. The molecule has 0 N–H and O–H groups in total. The summed E-state index contributed by atoms with van der Waals surface area (Å²) in [5.74, 6) is 0. The van der Waals surface area contributed by atoms with Crippen molar-refractivity contribution in [3.8, 4) is 0 Å². The molecule has 30 valence electrons. The van der Waals surface area contributed by atoms with Gasteiger partial charge in [-0.05, 0) is 6.92 Å². The molecule has 0 rings (SSSR count). The van der Waals surface area contributed by atoms with Gasteiger partial charge in [-0.25, -0.2) is 0 Å². The molecular weight excluding hydrogens is 289 g/mol. The van der Waals surface area contributed by atoms with E-state index < -0.39 is 0 Å². The van der Waals surface area contributed by atoms with Gasteiger partial charge >= 0.3 is 0 Å². The van der Waals surface area contributed by atoms with E-state index in [4.69, 9.17) is 0 Å². The standard InChI is InChI=1S/C2H5BI2/c1-2(3,4)5/h3H2,1H3. The molecule has 0 saturated carbocycles. The smallest absolute Gasteiger partial charge is 0.0778 e. The molecule has 0 aromatic rings. The average Bonchev–Trinajstić information content (AvgIpc) is 0.722. The van der Waals surface area contributed by atoms with Crippen LogP contribution in [0.1, 0.15) is 6.92 Å². The molecule has 0 amide bonds. The van der Waals surface area contributed by atoms with Gasteiger partial charge in [-0.3, -0.25) is 0 Å². The highest BCUT2D eigenvalue weighted by Gasteiger charge is 2.01. The van der Waals surface area contributed by atoms with Gasteiger partial charge in [-0.2, -0.15) is 0 Å². The zero-order valence-electron chi connectivity index (χ0n) is 3.26. The summed E-state index contributed by atoms with van der Waals surface area (Å²) in [5.41, 5.74) is 0. The van der Waals surface area contributed by atoms with E-state index in [1.165, 1.54) is 0 Å². The van der Waals surface area contributed by atoms with Gasteiger partial charge in [0.2, 0.25) is 0 Å². The van der Waals surface area contributed by atoms with Crippen LogP contribution in [-0.4, -0.2) is 9.17 Å². The zero-order chi connectivity index (χ0) is 4.50. The zero-order valence-corrected chi connectivity index (χ0v) is 7.57. The maximum atomic E-state index is 2.36. The van der Waals surface area contributed by atoms with E-state index in [0.717, 1.165) is 0 Å². The van der Waals surface area contributed by atoms with Crippen molar-refractivity contribution >= 4 is 53.0 Å². The summed E-state index contributed by atoms with van der Waals surface area (Å²) in [6.45, 7) is 2.16. The Balaban J connectivity index is 3.02. The van der Waals surface area contributed by atoms with Gasteiger partial charge in [-0.1, -0.05) is 45.2 Å². The largest absolute Gasteiger partial charge is 0.134 e. The van der Waals surface area contributed by atoms with Crippen LogP contribution in [0.15, 0.2) is 0 Å². The number of hydrogen-bond donors (Lipinski definition) is 0. The van der Waals surface area contributed by atoms with E-state index in [1.807, 2.05) is 0 Å². The molecule has 0 fully saturated rings. The summed E-state index contributed by atoms with van der Waals surface area (Å²) in [5, 5.41) is 0. The highest BCUT2D eigenvalue weighted by atomic mass is 127. The molecule has 5 heavy (non-hydrogen) atoms. The minimum absolute atomic E-state index is 0.440. The second kappa shape index (κ2) is 2.00. The molecule has 0 radical (unpaired) electrons. The fourth-order valence-electron chi connectivity index (χ4n) is 0. The van der Waals surface area contributed by atoms with E-state index in [1.54, 1.807) is 0 Å². The number of hydrogen-bond acceptors (Lipinski definition) is 0. The Kier molecular flexibility index (Phi) is 2.61. The van der Waals surface area contributed by atoms with Crippen LogP contribution >= 0.6 is 45.2 Å². The maximum absolute atomic E-state index is 2.36. The van der Waals surface area contributed by atoms with Gasteiger partial charge < -0.3 is 0 Å². The summed E-state index contributed by atoms with van der Waals surface area (Å²) in [7, 11) is 2.16. The quantitative estimate of drug-likeness (QED) is 0.357. The van der Waals surface area contributed by atoms with Crippen molar-refractivity contribution in [1.29, 1.82) is 0 Å². The highest BCUT2D eigenvalue weighted by molar-refractivity contribution is 14.2. The van der Waals surface area contributed by atoms with Crippen LogP contribution in [-0.2, 0) is 0 Å². The third-order valence-corrected chi connectivity index (χ3v) is 0. The molecule has 3 heteroatoms. The van der Waals surface area contributed by atoms with Crippen LogP contribution in [0.2, 0.25) is 0 Å². The van der Waals surface area contributed by atoms with Crippen molar-refractivity contribution in [2.75, 3.05) is 0 Å². The monoisotopic (exact) mass is 294 g/mol. The van der Waals surface area contributed by atoms with Crippen molar-refractivity contribution in [1.82, 2.24) is 0 Å². The molecule has 0 aliphatic heterocycles. The average molecular weight is 294 g/mol.